The smallest absolute Gasteiger partial charge is 0.262 e. The van der Waals surface area contributed by atoms with Gasteiger partial charge >= 0.3 is 0 Å². The molecule has 2 aromatic carbocycles. The van der Waals surface area contributed by atoms with Crippen LogP contribution in [-0.2, 0) is 19.6 Å². The zero-order valence-corrected chi connectivity index (χ0v) is 17.1. The van der Waals surface area contributed by atoms with E-state index < -0.39 is 15.9 Å². The highest BCUT2D eigenvalue weighted by atomic mass is 32.2. The number of methoxy groups -OCH3 is 1. The average Bonchev–Trinajstić information content (AvgIpc) is 2.78. The fraction of sp³-hybridized carbons (Fsp3) is 0.300. The Morgan fingerprint density at radius 3 is 2.63 bits per heavy atom. The van der Waals surface area contributed by atoms with Crippen molar-refractivity contribution < 1.29 is 27.4 Å². The molecule has 0 bridgehead atoms. The number of hydrogen-bond acceptors (Lipinski definition) is 7. The molecule has 9 nitrogen and oxygen atoms in total. The van der Waals surface area contributed by atoms with Crippen LogP contribution in [0.5, 0.6) is 11.5 Å². The van der Waals surface area contributed by atoms with E-state index in [4.69, 9.17) is 19.5 Å². The Balaban J connectivity index is 1.74. The normalized spacial score (nSPS) is 14.5. The summed E-state index contributed by atoms with van der Waals surface area (Å²) in [7, 11) is -2.44. The Kier molecular flexibility index (Phi) is 6.89. The first-order chi connectivity index (χ1) is 14.5. The molecule has 1 fully saturated rings. The van der Waals surface area contributed by atoms with Gasteiger partial charge in [-0.25, -0.2) is 8.42 Å². The van der Waals surface area contributed by atoms with E-state index in [0.717, 1.165) is 0 Å². The molecule has 158 valence electrons. The second-order valence-corrected chi connectivity index (χ2v) is 8.23. The van der Waals surface area contributed by atoms with Crippen molar-refractivity contribution in [1.82, 2.24) is 4.31 Å². The summed E-state index contributed by atoms with van der Waals surface area (Å²) < 4.78 is 43.2. The number of carbonyl (C=O) groups is 1. The number of nitrogens with zero attached hydrogens (tertiary/aromatic N) is 2. The van der Waals surface area contributed by atoms with Crippen LogP contribution in [0.2, 0.25) is 0 Å². The predicted molar refractivity (Wildman–Crippen MR) is 108 cm³/mol. The second kappa shape index (κ2) is 9.58. The fourth-order valence-electron chi connectivity index (χ4n) is 2.91. The van der Waals surface area contributed by atoms with Crippen molar-refractivity contribution in [2.45, 2.75) is 4.90 Å². The summed E-state index contributed by atoms with van der Waals surface area (Å²) in [5.74, 6) is -0.0261. The van der Waals surface area contributed by atoms with Crippen molar-refractivity contribution in [2.75, 3.05) is 45.3 Å². The van der Waals surface area contributed by atoms with Gasteiger partial charge in [0.2, 0.25) is 10.0 Å². The van der Waals surface area contributed by atoms with Gasteiger partial charge in [-0.05, 0) is 30.3 Å². The van der Waals surface area contributed by atoms with Crippen molar-refractivity contribution in [3.63, 3.8) is 0 Å². The fourth-order valence-corrected chi connectivity index (χ4v) is 4.50. The van der Waals surface area contributed by atoms with E-state index in [0.29, 0.717) is 24.5 Å². The molecule has 0 aliphatic carbocycles. The summed E-state index contributed by atoms with van der Waals surface area (Å²) in [6.45, 7) is 0.789. The lowest BCUT2D eigenvalue weighted by atomic mass is 10.2. The molecule has 10 heteroatoms. The number of para-hydroxylation sites is 1. The van der Waals surface area contributed by atoms with Gasteiger partial charge in [0.05, 0.1) is 25.9 Å². The number of anilines is 1. The standard InChI is InChI=1S/C20H21N3O6S/c1-27-18-7-6-16(12-19(18)30(25,26)23-8-10-28-11-9-23)22-20(24)14-29-17-5-3-2-4-15(17)13-21/h2-7,12H,8-11,14H2,1H3,(H,22,24). The molecule has 1 amide bonds. The number of hydrogen-bond donors (Lipinski definition) is 1. The molecule has 1 heterocycles. The Hall–Kier alpha value is -3.13. The van der Waals surface area contributed by atoms with Crippen LogP contribution in [0, 0.1) is 11.3 Å². The van der Waals surface area contributed by atoms with Gasteiger partial charge in [0.1, 0.15) is 22.5 Å². The average molecular weight is 431 g/mol. The van der Waals surface area contributed by atoms with Crippen LogP contribution in [0.1, 0.15) is 5.56 Å². The van der Waals surface area contributed by atoms with Gasteiger partial charge in [0.25, 0.3) is 5.91 Å². The van der Waals surface area contributed by atoms with Crippen LogP contribution in [0.3, 0.4) is 0 Å². The summed E-state index contributed by atoms with van der Waals surface area (Å²) in [6.07, 6.45) is 0. The number of sulfonamides is 1. The summed E-state index contributed by atoms with van der Waals surface area (Å²) >= 11 is 0. The van der Waals surface area contributed by atoms with E-state index in [9.17, 15) is 13.2 Å². The summed E-state index contributed by atoms with van der Waals surface area (Å²) in [5.41, 5.74) is 0.596. The molecule has 1 saturated heterocycles. The van der Waals surface area contributed by atoms with Gasteiger partial charge in [-0.15, -0.1) is 0 Å². The first-order valence-electron chi connectivity index (χ1n) is 9.13. The number of ether oxygens (including phenoxy) is 3. The molecule has 0 saturated carbocycles. The van der Waals surface area contributed by atoms with Crippen LogP contribution in [0.4, 0.5) is 5.69 Å². The molecule has 1 N–H and O–H groups in total. The highest BCUT2D eigenvalue weighted by molar-refractivity contribution is 7.89. The van der Waals surface area contributed by atoms with E-state index in [1.165, 1.54) is 29.6 Å². The molecule has 0 unspecified atom stereocenters. The highest BCUT2D eigenvalue weighted by Gasteiger charge is 2.29. The van der Waals surface area contributed by atoms with Gasteiger partial charge in [-0.1, -0.05) is 12.1 Å². The minimum Gasteiger partial charge on any atom is -0.495 e. The largest absolute Gasteiger partial charge is 0.495 e. The third-order valence-corrected chi connectivity index (χ3v) is 6.32. The number of carbonyl (C=O) groups excluding carboxylic acids is 1. The minimum atomic E-state index is -3.82. The van der Waals surface area contributed by atoms with Crippen molar-refractivity contribution >= 4 is 21.6 Å². The predicted octanol–water partition coefficient (Wildman–Crippen LogP) is 1.61. The molecule has 3 rings (SSSR count). The van der Waals surface area contributed by atoms with Crippen molar-refractivity contribution in [3.8, 4) is 17.6 Å². The Bertz CT molecular complexity index is 1060. The zero-order valence-electron chi connectivity index (χ0n) is 16.3. The zero-order chi connectivity index (χ0) is 21.6. The Morgan fingerprint density at radius 1 is 1.20 bits per heavy atom. The molecule has 0 aromatic heterocycles. The monoisotopic (exact) mass is 431 g/mol. The van der Waals surface area contributed by atoms with Crippen molar-refractivity contribution in [1.29, 1.82) is 5.26 Å². The highest BCUT2D eigenvalue weighted by Crippen LogP contribution is 2.30. The third-order valence-electron chi connectivity index (χ3n) is 4.40. The quantitative estimate of drug-likeness (QED) is 0.707. The molecule has 30 heavy (non-hydrogen) atoms. The van der Waals surface area contributed by atoms with Crippen molar-refractivity contribution in [3.05, 3.63) is 48.0 Å². The number of rotatable bonds is 7. The van der Waals surface area contributed by atoms with Crippen LogP contribution in [-0.4, -0.2) is 58.7 Å². The van der Waals surface area contributed by atoms with E-state index in [2.05, 4.69) is 5.32 Å². The van der Waals surface area contributed by atoms with E-state index >= 15 is 0 Å². The van der Waals surface area contributed by atoms with Crippen LogP contribution >= 0.6 is 0 Å². The molecule has 0 atom stereocenters. The molecule has 0 radical (unpaired) electrons. The SMILES string of the molecule is COc1ccc(NC(=O)COc2ccccc2C#N)cc1S(=O)(=O)N1CCOCC1. The third kappa shape index (κ3) is 4.88. The summed E-state index contributed by atoms with van der Waals surface area (Å²) in [6, 6.07) is 12.9. The van der Waals surface area contributed by atoms with E-state index in [-0.39, 0.29) is 36.0 Å². The topological polar surface area (TPSA) is 118 Å². The molecular formula is C20H21N3O6S. The first-order valence-corrected chi connectivity index (χ1v) is 10.6. The number of nitrogens with one attached hydrogen (secondary N) is 1. The summed E-state index contributed by atoms with van der Waals surface area (Å²) in [4.78, 5) is 12.2. The van der Waals surface area contributed by atoms with Gasteiger partial charge in [0.15, 0.2) is 6.61 Å². The van der Waals surface area contributed by atoms with Crippen LogP contribution < -0.4 is 14.8 Å². The maximum absolute atomic E-state index is 13.0. The van der Waals surface area contributed by atoms with Gasteiger partial charge in [0, 0.05) is 18.8 Å². The first kappa shape index (κ1) is 21.6. The lowest BCUT2D eigenvalue weighted by Crippen LogP contribution is -2.40. The van der Waals surface area contributed by atoms with Crippen molar-refractivity contribution in [2.24, 2.45) is 0 Å². The maximum atomic E-state index is 13.0. The maximum Gasteiger partial charge on any atom is 0.262 e. The number of amides is 1. The van der Waals surface area contributed by atoms with Crippen LogP contribution in [0.15, 0.2) is 47.4 Å². The van der Waals surface area contributed by atoms with E-state index in [1.807, 2.05) is 6.07 Å². The molecular weight excluding hydrogens is 410 g/mol. The number of nitriles is 1. The lowest BCUT2D eigenvalue weighted by molar-refractivity contribution is -0.118. The Labute approximate surface area is 174 Å². The van der Waals surface area contributed by atoms with Crippen LogP contribution in [0.25, 0.3) is 0 Å². The number of benzene rings is 2. The summed E-state index contributed by atoms with van der Waals surface area (Å²) in [5, 5.41) is 11.7. The van der Waals surface area contributed by atoms with Gasteiger partial charge < -0.3 is 19.5 Å². The molecule has 2 aromatic rings. The Morgan fingerprint density at radius 2 is 1.93 bits per heavy atom. The molecule has 0 spiro atoms. The molecule has 1 aliphatic rings. The number of morpholine rings is 1. The van der Waals surface area contributed by atoms with Gasteiger partial charge in [-0.3, -0.25) is 4.79 Å². The van der Waals surface area contributed by atoms with E-state index in [1.54, 1.807) is 24.3 Å². The minimum absolute atomic E-state index is 0.0413. The molecule has 1 aliphatic heterocycles. The van der Waals surface area contributed by atoms with Gasteiger partial charge in [-0.2, -0.15) is 9.57 Å². The lowest BCUT2D eigenvalue weighted by Gasteiger charge is -2.26. The second-order valence-electron chi connectivity index (χ2n) is 6.33.